The van der Waals surface area contributed by atoms with Crippen LogP contribution in [0.5, 0.6) is 0 Å². The highest BCUT2D eigenvalue weighted by atomic mass is 15.0. The van der Waals surface area contributed by atoms with E-state index in [4.69, 9.17) is 0 Å². The van der Waals surface area contributed by atoms with Crippen molar-refractivity contribution in [2.75, 3.05) is 0 Å². The van der Waals surface area contributed by atoms with E-state index in [0.717, 1.165) is 0 Å². The Bertz CT molecular complexity index is 3570. The number of hydrogen-bond donors (Lipinski definition) is 0. The molecule has 0 spiro atoms. The van der Waals surface area contributed by atoms with Crippen LogP contribution >= 0.6 is 0 Å². The van der Waals surface area contributed by atoms with Crippen molar-refractivity contribution in [2.45, 2.75) is 19.3 Å². The van der Waals surface area contributed by atoms with E-state index in [0.29, 0.717) is 0 Å². The molecule has 1 aromatic heterocycles. The van der Waals surface area contributed by atoms with Gasteiger partial charge < -0.3 is 4.57 Å². The molecule has 2 aliphatic carbocycles. The van der Waals surface area contributed by atoms with Gasteiger partial charge in [0.1, 0.15) is 0 Å². The number of hydrogen-bond acceptors (Lipinski definition) is 0. The third-order valence-electron chi connectivity index (χ3n) is 13.8. The molecule has 10 aromatic carbocycles. The molecular weight excluding hydrogens is 723 g/mol. The Morgan fingerprint density at radius 2 is 0.750 bits per heavy atom. The molecule has 13 rings (SSSR count). The van der Waals surface area contributed by atoms with Crippen LogP contribution in [0, 0.1) is 0 Å². The van der Waals surface area contributed by atoms with Crippen LogP contribution in [0.1, 0.15) is 25.0 Å². The van der Waals surface area contributed by atoms with Crippen molar-refractivity contribution >= 4 is 43.4 Å². The standard InChI is InChI=1S/C59H39N/c1-59(2)53-29-15-13-23-44(53)51-34-52-45-24-14-16-30-55(45)60(56(52)35-54(51)59)58-48-27-11-9-25-46(48)57(47-26-10-12-28-49(47)58)36-31-32-43-41-21-6-5-19-39(41)37-17-3-4-18-38(37)40-20-7-8-22-42(40)50(43)33-36/h3-35H,1-2H3. The second kappa shape index (κ2) is 12.3. The molecule has 1 heterocycles. The minimum Gasteiger partial charge on any atom is -0.308 e. The average Bonchev–Trinajstić information content (AvgIpc) is 3.74. The van der Waals surface area contributed by atoms with Crippen LogP contribution in [-0.4, -0.2) is 4.57 Å². The number of aromatic nitrogens is 1. The Hall–Kier alpha value is -7.48. The largest absolute Gasteiger partial charge is 0.308 e. The third kappa shape index (κ3) is 4.47. The Morgan fingerprint density at radius 3 is 1.33 bits per heavy atom. The molecule has 0 fully saturated rings. The minimum absolute atomic E-state index is 0.110. The Morgan fingerprint density at radius 1 is 0.300 bits per heavy atom. The van der Waals surface area contributed by atoms with Gasteiger partial charge in [-0.25, -0.2) is 0 Å². The highest BCUT2D eigenvalue weighted by molar-refractivity contribution is 6.21. The van der Waals surface area contributed by atoms with E-state index in [1.165, 1.54) is 127 Å². The van der Waals surface area contributed by atoms with Crippen molar-refractivity contribution in [1.82, 2.24) is 4.57 Å². The Kier molecular flexibility index (Phi) is 6.85. The van der Waals surface area contributed by atoms with Crippen LogP contribution in [-0.2, 0) is 5.41 Å². The van der Waals surface area contributed by atoms with E-state index >= 15 is 0 Å². The van der Waals surface area contributed by atoms with Gasteiger partial charge >= 0.3 is 0 Å². The van der Waals surface area contributed by atoms with E-state index in [1.54, 1.807) is 0 Å². The first-order valence-corrected chi connectivity index (χ1v) is 21.1. The van der Waals surface area contributed by atoms with Gasteiger partial charge in [0, 0.05) is 27.0 Å². The molecule has 0 radical (unpaired) electrons. The van der Waals surface area contributed by atoms with Gasteiger partial charge in [-0.3, -0.25) is 0 Å². The topological polar surface area (TPSA) is 4.93 Å². The predicted octanol–water partition coefficient (Wildman–Crippen LogP) is 16.0. The lowest BCUT2D eigenvalue weighted by Crippen LogP contribution is -2.15. The Labute approximate surface area is 349 Å². The number of para-hydroxylation sites is 1. The zero-order chi connectivity index (χ0) is 39.7. The molecule has 60 heavy (non-hydrogen) atoms. The normalized spacial score (nSPS) is 13.3. The van der Waals surface area contributed by atoms with Crippen LogP contribution < -0.4 is 0 Å². The van der Waals surface area contributed by atoms with E-state index in [1.807, 2.05) is 0 Å². The number of benzene rings is 10. The first kappa shape index (κ1) is 33.5. The lowest BCUT2D eigenvalue weighted by molar-refractivity contribution is 0.661. The van der Waals surface area contributed by atoms with Crippen LogP contribution in [0.2, 0.25) is 0 Å². The molecule has 1 heteroatoms. The van der Waals surface area contributed by atoms with Crippen molar-refractivity contribution < 1.29 is 0 Å². The lowest BCUT2D eigenvalue weighted by Gasteiger charge is -2.24. The molecule has 280 valence electrons. The van der Waals surface area contributed by atoms with Gasteiger partial charge in [-0.1, -0.05) is 190 Å². The summed E-state index contributed by atoms with van der Waals surface area (Å²) in [6, 6.07) is 75.1. The zero-order valence-corrected chi connectivity index (χ0v) is 33.5. The molecule has 0 atom stereocenters. The smallest absolute Gasteiger partial charge is 0.0619 e. The van der Waals surface area contributed by atoms with Gasteiger partial charge in [-0.05, 0) is 113 Å². The van der Waals surface area contributed by atoms with Crippen LogP contribution in [0.25, 0.3) is 116 Å². The molecule has 0 bridgehead atoms. The van der Waals surface area contributed by atoms with Crippen molar-refractivity contribution in [1.29, 1.82) is 0 Å². The van der Waals surface area contributed by atoms with Crippen LogP contribution in [0.4, 0.5) is 0 Å². The third-order valence-corrected chi connectivity index (χ3v) is 13.8. The second-order valence-electron chi connectivity index (χ2n) is 17.1. The maximum Gasteiger partial charge on any atom is 0.0619 e. The summed E-state index contributed by atoms with van der Waals surface area (Å²) in [5.41, 5.74) is 21.6. The summed E-state index contributed by atoms with van der Waals surface area (Å²) in [6.07, 6.45) is 0. The molecule has 0 unspecified atom stereocenters. The van der Waals surface area contributed by atoms with Crippen molar-refractivity contribution in [3.05, 3.63) is 211 Å². The lowest BCUT2D eigenvalue weighted by atomic mass is 9.79. The maximum atomic E-state index is 2.57. The zero-order valence-electron chi connectivity index (χ0n) is 33.5. The number of rotatable bonds is 2. The van der Waals surface area contributed by atoms with Gasteiger partial charge in [-0.2, -0.15) is 0 Å². The minimum atomic E-state index is -0.110. The number of fused-ring (bicyclic) bond motifs is 16. The summed E-state index contributed by atoms with van der Waals surface area (Å²) in [5, 5.41) is 7.53. The fourth-order valence-electron chi connectivity index (χ4n) is 11.1. The van der Waals surface area contributed by atoms with Gasteiger partial charge in [-0.15, -0.1) is 0 Å². The molecule has 0 N–H and O–H groups in total. The molecule has 0 aliphatic heterocycles. The van der Waals surface area contributed by atoms with Gasteiger partial charge in [0.2, 0.25) is 0 Å². The molecule has 0 amide bonds. The molecular formula is C59H39N. The summed E-state index contributed by atoms with van der Waals surface area (Å²) >= 11 is 0. The summed E-state index contributed by atoms with van der Waals surface area (Å²) in [7, 11) is 0. The van der Waals surface area contributed by atoms with Crippen molar-refractivity contribution in [3.8, 4) is 72.4 Å². The molecule has 11 aromatic rings. The molecule has 0 saturated heterocycles. The fraction of sp³-hybridized carbons (Fsp3) is 0.0508. The fourth-order valence-corrected chi connectivity index (χ4v) is 11.1. The summed E-state index contributed by atoms with van der Waals surface area (Å²) in [5.74, 6) is 0. The first-order valence-electron chi connectivity index (χ1n) is 21.1. The predicted molar refractivity (Wildman–Crippen MR) is 254 cm³/mol. The average molecular weight is 762 g/mol. The van der Waals surface area contributed by atoms with Crippen molar-refractivity contribution in [3.63, 3.8) is 0 Å². The van der Waals surface area contributed by atoms with Gasteiger partial charge in [0.25, 0.3) is 0 Å². The summed E-state index contributed by atoms with van der Waals surface area (Å²) < 4.78 is 2.57. The van der Waals surface area contributed by atoms with Crippen LogP contribution in [0.15, 0.2) is 200 Å². The quantitative estimate of drug-likeness (QED) is 0.155. The van der Waals surface area contributed by atoms with E-state index in [2.05, 4.69) is 219 Å². The van der Waals surface area contributed by atoms with E-state index in [-0.39, 0.29) is 5.41 Å². The Balaban J connectivity index is 1.11. The van der Waals surface area contributed by atoms with Crippen LogP contribution in [0.3, 0.4) is 0 Å². The highest BCUT2D eigenvalue weighted by Gasteiger charge is 2.36. The van der Waals surface area contributed by atoms with E-state index in [9.17, 15) is 0 Å². The van der Waals surface area contributed by atoms with Crippen molar-refractivity contribution in [2.24, 2.45) is 0 Å². The van der Waals surface area contributed by atoms with Gasteiger partial charge in [0.15, 0.2) is 0 Å². The van der Waals surface area contributed by atoms with Gasteiger partial charge in [0.05, 0.1) is 16.7 Å². The maximum absolute atomic E-state index is 2.57. The number of nitrogens with zero attached hydrogens (tertiary/aromatic N) is 1. The molecule has 2 aliphatic rings. The highest BCUT2D eigenvalue weighted by Crippen LogP contribution is 2.53. The molecule has 0 saturated carbocycles. The first-order chi connectivity index (χ1) is 29.6. The van der Waals surface area contributed by atoms with E-state index < -0.39 is 0 Å². The summed E-state index contributed by atoms with van der Waals surface area (Å²) in [6.45, 7) is 4.77. The SMILES string of the molecule is CC1(C)c2ccccc2-c2cc3c4ccccc4n(-c4c5ccccc5c(-c5ccc6c(c5)-c5ccccc5-c5ccccc5-c5ccccc5-6)c5ccccc45)c3cc21. The summed E-state index contributed by atoms with van der Waals surface area (Å²) in [4.78, 5) is 0. The molecule has 1 nitrogen and oxygen atoms in total. The second-order valence-corrected chi connectivity index (χ2v) is 17.1. The monoisotopic (exact) mass is 761 g/mol.